The molecule has 5 atom stereocenters. The summed E-state index contributed by atoms with van der Waals surface area (Å²) in [5.41, 5.74) is 0. The quantitative estimate of drug-likeness (QED) is 0.326. The number of hydrogen-bond donors (Lipinski definition) is 4. The van der Waals surface area contributed by atoms with Gasteiger partial charge in [-0.15, -0.1) is 0 Å². The van der Waals surface area contributed by atoms with Crippen molar-refractivity contribution in [3.8, 4) is 5.75 Å². The second kappa shape index (κ2) is 13.1. The van der Waals surface area contributed by atoms with E-state index in [9.17, 15) is 24.5 Å². The third-order valence-corrected chi connectivity index (χ3v) is 7.07. The fourth-order valence-electron chi connectivity index (χ4n) is 3.83. The standard InChI is InChI=1S/C22H33FO6S/c23-15-8-10-17(11-9-15)29-13-16(24)14-30-22-18(19(25)12-20(22)26)6-4-2-1-3-5-7-21(27)28/h8-11,16,18-20,22,24-26H,1-7,12-14H2,(H,27,28). The Morgan fingerprint density at radius 1 is 1.10 bits per heavy atom. The maximum atomic E-state index is 12.9. The van der Waals surface area contributed by atoms with E-state index >= 15 is 0 Å². The maximum Gasteiger partial charge on any atom is 0.303 e. The molecule has 1 aliphatic carbocycles. The number of hydrogen-bond acceptors (Lipinski definition) is 6. The van der Waals surface area contributed by atoms with Crippen LogP contribution in [0.5, 0.6) is 5.75 Å². The third-order valence-electron chi connectivity index (χ3n) is 5.44. The Morgan fingerprint density at radius 3 is 2.47 bits per heavy atom. The van der Waals surface area contributed by atoms with E-state index in [1.807, 2.05) is 0 Å². The number of thioether (sulfide) groups is 1. The molecule has 0 spiro atoms. The van der Waals surface area contributed by atoms with Crippen LogP contribution in [0, 0.1) is 11.7 Å². The number of carboxylic acids is 1. The molecule has 2 rings (SSSR count). The molecule has 0 aromatic heterocycles. The number of aliphatic hydroxyl groups excluding tert-OH is 3. The minimum Gasteiger partial charge on any atom is -0.491 e. The van der Waals surface area contributed by atoms with Crippen LogP contribution in [0.15, 0.2) is 24.3 Å². The Morgan fingerprint density at radius 2 is 1.77 bits per heavy atom. The summed E-state index contributed by atoms with van der Waals surface area (Å²) in [6.07, 6.45) is 3.93. The van der Waals surface area contributed by atoms with E-state index in [0.29, 0.717) is 24.3 Å². The topological polar surface area (TPSA) is 107 Å². The molecule has 1 fully saturated rings. The summed E-state index contributed by atoms with van der Waals surface area (Å²) < 4.78 is 18.4. The normalized spacial score (nSPS) is 24.7. The molecule has 5 unspecified atom stereocenters. The zero-order valence-corrected chi connectivity index (χ0v) is 18.0. The molecule has 1 aliphatic rings. The summed E-state index contributed by atoms with van der Waals surface area (Å²) in [4.78, 5) is 10.5. The predicted octanol–water partition coefficient (Wildman–Crippen LogP) is 3.22. The zero-order chi connectivity index (χ0) is 21.9. The van der Waals surface area contributed by atoms with Gasteiger partial charge in [0.2, 0.25) is 0 Å². The van der Waals surface area contributed by atoms with Gasteiger partial charge < -0.3 is 25.2 Å². The second-order valence-electron chi connectivity index (χ2n) is 7.95. The van der Waals surface area contributed by atoms with Crippen molar-refractivity contribution in [2.45, 2.75) is 74.9 Å². The van der Waals surface area contributed by atoms with E-state index in [0.717, 1.165) is 32.1 Å². The van der Waals surface area contributed by atoms with E-state index in [2.05, 4.69) is 0 Å². The van der Waals surface area contributed by atoms with E-state index in [-0.39, 0.29) is 30.0 Å². The highest BCUT2D eigenvalue weighted by Crippen LogP contribution is 2.39. The molecular weight excluding hydrogens is 411 g/mol. The fourth-order valence-corrected chi connectivity index (χ4v) is 5.27. The first-order valence-electron chi connectivity index (χ1n) is 10.6. The average molecular weight is 445 g/mol. The molecule has 1 aromatic rings. The van der Waals surface area contributed by atoms with Crippen molar-refractivity contribution in [3.05, 3.63) is 30.1 Å². The summed E-state index contributed by atoms with van der Waals surface area (Å²) in [6, 6.07) is 5.60. The average Bonchev–Trinajstić information content (AvgIpc) is 2.97. The molecule has 6 nitrogen and oxygen atoms in total. The summed E-state index contributed by atoms with van der Waals surface area (Å²) in [6.45, 7) is 0.0744. The van der Waals surface area contributed by atoms with Crippen molar-refractivity contribution in [2.75, 3.05) is 12.4 Å². The highest BCUT2D eigenvalue weighted by Gasteiger charge is 2.41. The van der Waals surface area contributed by atoms with Crippen LogP contribution in [0.3, 0.4) is 0 Å². The lowest BCUT2D eigenvalue weighted by molar-refractivity contribution is -0.137. The van der Waals surface area contributed by atoms with E-state index < -0.39 is 24.3 Å². The Balaban J connectivity index is 1.67. The summed E-state index contributed by atoms with van der Waals surface area (Å²) >= 11 is 1.46. The first-order valence-corrected chi connectivity index (χ1v) is 11.7. The molecule has 8 heteroatoms. The molecular formula is C22H33FO6S. The molecule has 0 radical (unpaired) electrons. The lowest BCUT2D eigenvalue weighted by Crippen LogP contribution is -2.28. The molecule has 0 bridgehead atoms. The Kier molecular flexibility index (Phi) is 10.9. The second-order valence-corrected chi connectivity index (χ2v) is 9.16. The van der Waals surface area contributed by atoms with Crippen molar-refractivity contribution < 1.29 is 34.3 Å². The summed E-state index contributed by atoms with van der Waals surface area (Å²) in [5.74, 6) is -0.268. The number of aliphatic hydroxyl groups is 3. The highest BCUT2D eigenvalue weighted by atomic mass is 32.2. The minimum atomic E-state index is -0.761. The van der Waals surface area contributed by atoms with Gasteiger partial charge in [-0.2, -0.15) is 11.8 Å². The van der Waals surface area contributed by atoms with Gasteiger partial charge in [0.05, 0.1) is 18.3 Å². The van der Waals surface area contributed by atoms with Gasteiger partial charge in [-0.05, 0) is 43.0 Å². The Bertz CT molecular complexity index is 629. The molecule has 4 N–H and O–H groups in total. The van der Waals surface area contributed by atoms with Gasteiger partial charge in [-0.25, -0.2) is 4.39 Å². The smallest absolute Gasteiger partial charge is 0.303 e. The van der Waals surface area contributed by atoms with Crippen molar-refractivity contribution in [1.82, 2.24) is 0 Å². The SMILES string of the molecule is O=C(O)CCCCCCCC1C(O)CC(O)C1SCC(O)COc1ccc(F)cc1. The number of carboxylic acid groups (broad SMARTS) is 1. The number of rotatable bonds is 14. The number of unbranched alkanes of at least 4 members (excludes halogenated alkanes) is 4. The summed E-state index contributed by atoms with van der Waals surface area (Å²) in [7, 11) is 0. The molecule has 170 valence electrons. The molecule has 1 saturated carbocycles. The van der Waals surface area contributed by atoms with Crippen LogP contribution in [-0.2, 0) is 4.79 Å². The van der Waals surface area contributed by atoms with Crippen LogP contribution in [0.25, 0.3) is 0 Å². The van der Waals surface area contributed by atoms with Crippen molar-refractivity contribution in [1.29, 1.82) is 0 Å². The van der Waals surface area contributed by atoms with Crippen LogP contribution in [0.2, 0.25) is 0 Å². The van der Waals surface area contributed by atoms with Gasteiger partial charge in [-0.3, -0.25) is 4.79 Å². The van der Waals surface area contributed by atoms with Crippen molar-refractivity contribution in [3.63, 3.8) is 0 Å². The van der Waals surface area contributed by atoms with Crippen LogP contribution in [0.4, 0.5) is 4.39 Å². The van der Waals surface area contributed by atoms with E-state index in [4.69, 9.17) is 9.84 Å². The monoisotopic (exact) mass is 444 g/mol. The highest BCUT2D eigenvalue weighted by molar-refractivity contribution is 8.00. The van der Waals surface area contributed by atoms with Gasteiger partial charge >= 0.3 is 5.97 Å². The third kappa shape index (κ3) is 8.79. The number of ether oxygens (including phenoxy) is 1. The molecule has 1 aromatic carbocycles. The lowest BCUT2D eigenvalue weighted by Gasteiger charge is -2.24. The van der Waals surface area contributed by atoms with Crippen LogP contribution in [0.1, 0.15) is 51.4 Å². The lowest BCUT2D eigenvalue weighted by atomic mass is 9.97. The number of carbonyl (C=O) groups is 1. The van der Waals surface area contributed by atoms with Gasteiger partial charge in [0.15, 0.2) is 0 Å². The van der Waals surface area contributed by atoms with Gasteiger partial charge in [0, 0.05) is 23.8 Å². The van der Waals surface area contributed by atoms with Crippen molar-refractivity contribution in [2.24, 2.45) is 5.92 Å². The molecule has 30 heavy (non-hydrogen) atoms. The molecule has 0 heterocycles. The first kappa shape index (κ1) is 24.9. The van der Waals surface area contributed by atoms with E-state index in [1.54, 1.807) is 0 Å². The molecule has 0 aliphatic heterocycles. The van der Waals surface area contributed by atoms with Gasteiger partial charge in [0.25, 0.3) is 0 Å². The Labute approximate surface area is 181 Å². The van der Waals surface area contributed by atoms with Crippen LogP contribution in [-0.4, -0.2) is 62.3 Å². The van der Waals surface area contributed by atoms with Crippen LogP contribution >= 0.6 is 11.8 Å². The minimum absolute atomic E-state index is 0.0192. The number of benzene rings is 1. The predicted molar refractivity (Wildman–Crippen MR) is 114 cm³/mol. The zero-order valence-electron chi connectivity index (χ0n) is 17.2. The van der Waals surface area contributed by atoms with Gasteiger partial charge in [0.1, 0.15) is 18.2 Å². The largest absolute Gasteiger partial charge is 0.491 e. The van der Waals surface area contributed by atoms with E-state index in [1.165, 1.54) is 36.0 Å². The first-order chi connectivity index (χ1) is 14.4. The molecule has 0 amide bonds. The number of aliphatic carboxylic acids is 1. The maximum absolute atomic E-state index is 12.9. The Hall–Kier alpha value is -1.35. The van der Waals surface area contributed by atoms with Crippen molar-refractivity contribution >= 4 is 17.7 Å². The number of halogens is 1. The van der Waals surface area contributed by atoms with Gasteiger partial charge in [-0.1, -0.05) is 25.7 Å². The summed E-state index contributed by atoms with van der Waals surface area (Å²) in [5, 5.41) is 39.3. The molecule has 0 saturated heterocycles. The van der Waals surface area contributed by atoms with Crippen LogP contribution < -0.4 is 4.74 Å². The fraction of sp³-hybridized carbons (Fsp3) is 0.682.